The van der Waals surface area contributed by atoms with E-state index < -0.39 is 29.9 Å². The van der Waals surface area contributed by atoms with Crippen molar-refractivity contribution in [3.8, 4) is 11.8 Å². The number of alkyl halides is 3. The Hall–Kier alpha value is -3.34. The lowest BCUT2D eigenvalue weighted by molar-refractivity contribution is -0.136. The molecule has 0 saturated carbocycles. The van der Waals surface area contributed by atoms with Crippen LogP contribution in [-0.2, 0) is 16.8 Å². The third-order valence-corrected chi connectivity index (χ3v) is 5.96. The predicted octanol–water partition coefficient (Wildman–Crippen LogP) is 5.19. The number of carbonyl (C=O) groups excluding carboxylic acids is 1. The summed E-state index contributed by atoms with van der Waals surface area (Å²) in [5, 5.41) is 12.5. The second kappa shape index (κ2) is 8.30. The van der Waals surface area contributed by atoms with Gasteiger partial charge in [0.05, 0.1) is 12.1 Å². The Morgan fingerprint density at radius 2 is 1.97 bits per heavy atom. The van der Waals surface area contributed by atoms with E-state index in [2.05, 4.69) is 5.32 Å². The number of hydrogen-bond donors (Lipinski definition) is 1. The Bertz CT molecular complexity index is 1130. The van der Waals surface area contributed by atoms with Gasteiger partial charge in [0.2, 0.25) is 0 Å². The lowest BCUT2D eigenvalue weighted by Gasteiger charge is -2.37. The topological polar surface area (TPSA) is 62.1 Å². The van der Waals surface area contributed by atoms with E-state index in [1.807, 2.05) is 6.07 Å². The van der Waals surface area contributed by atoms with Crippen LogP contribution in [0.25, 0.3) is 5.57 Å². The van der Waals surface area contributed by atoms with Crippen molar-refractivity contribution < 1.29 is 27.1 Å². The van der Waals surface area contributed by atoms with Gasteiger partial charge in [-0.05, 0) is 54.2 Å². The number of ether oxygens (including phenoxy) is 1. The number of aryl methyl sites for hydroxylation is 1. The number of nitrogens with one attached hydrogen (secondary N) is 1. The van der Waals surface area contributed by atoms with Gasteiger partial charge in [-0.3, -0.25) is 4.79 Å². The van der Waals surface area contributed by atoms with Crippen LogP contribution in [0.3, 0.4) is 0 Å². The average Bonchev–Trinajstić information content (AvgIpc) is 3.07. The maximum absolute atomic E-state index is 14.5. The number of nitriles is 1. The number of rotatable bonds is 5. The number of fused-ring (bicyclic) bond motifs is 2. The van der Waals surface area contributed by atoms with Gasteiger partial charge in [-0.25, -0.2) is 4.39 Å². The van der Waals surface area contributed by atoms with Gasteiger partial charge in [0.1, 0.15) is 23.2 Å². The van der Waals surface area contributed by atoms with Gasteiger partial charge < -0.3 is 10.1 Å². The fourth-order valence-electron chi connectivity index (χ4n) is 4.50. The molecule has 1 unspecified atom stereocenters. The zero-order valence-corrected chi connectivity index (χ0v) is 17.1. The molecule has 1 aliphatic heterocycles. The molecule has 4 nitrogen and oxygen atoms in total. The van der Waals surface area contributed by atoms with E-state index in [0.717, 1.165) is 11.1 Å². The second-order valence-electron chi connectivity index (χ2n) is 8.04. The van der Waals surface area contributed by atoms with Crippen molar-refractivity contribution in [1.82, 2.24) is 5.32 Å². The van der Waals surface area contributed by atoms with Crippen molar-refractivity contribution in [3.05, 3.63) is 70.5 Å². The molecule has 1 N–H and O–H groups in total. The molecule has 1 amide bonds. The normalized spacial score (nSPS) is 20.2. The summed E-state index contributed by atoms with van der Waals surface area (Å²) in [5.74, 6) is -0.578. The van der Waals surface area contributed by atoms with Crippen molar-refractivity contribution in [3.63, 3.8) is 0 Å². The zero-order valence-electron chi connectivity index (χ0n) is 17.1. The lowest BCUT2D eigenvalue weighted by atomic mass is 9.78. The highest BCUT2D eigenvalue weighted by molar-refractivity contribution is 6.07. The largest absolute Gasteiger partial charge is 0.494 e. The van der Waals surface area contributed by atoms with Crippen LogP contribution >= 0.6 is 0 Å². The smallest absolute Gasteiger partial charge is 0.389 e. The van der Waals surface area contributed by atoms with E-state index in [0.29, 0.717) is 24.2 Å². The maximum Gasteiger partial charge on any atom is 0.389 e. The Balaban J connectivity index is 1.59. The van der Waals surface area contributed by atoms with Gasteiger partial charge in [0, 0.05) is 18.4 Å². The maximum atomic E-state index is 14.5. The first kappa shape index (κ1) is 21.9. The standard InChI is InChI=1S/C24H20F4N2O2/c25-21-5-2-1-4-17(21)18-13-23(30-22(31)19(18)14-29)10-8-15-12-16(6-7-20(15)23)32-11-3-9-24(26,27)28/h1-2,4-7,12H,3,8-11,13H2,(H,30,31). The summed E-state index contributed by atoms with van der Waals surface area (Å²) >= 11 is 0. The summed E-state index contributed by atoms with van der Waals surface area (Å²) < 4.78 is 56.8. The van der Waals surface area contributed by atoms with Gasteiger partial charge in [0.15, 0.2) is 0 Å². The third kappa shape index (κ3) is 4.20. The molecule has 1 aliphatic carbocycles. The summed E-state index contributed by atoms with van der Waals surface area (Å²) in [6.07, 6.45) is -3.81. The number of carbonyl (C=O) groups is 1. The van der Waals surface area contributed by atoms with Crippen molar-refractivity contribution >= 4 is 11.5 Å². The predicted molar refractivity (Wildman–Crippen MR) is 109 cm³/mol. The van der Waals surface area contributed by atoms with Gasteiger partial charge in [-0.15, -0.1) is 0 Å². The van der Waals surface area contributed by atoms with Gasteiger partial charge >= 0.3 is 6.18 Å². The average molecular weight is 444 g/mol. The molecule has 1 atom stereocenters. The first-order chi connectivity index (χ1) is 15.2. The molecule has 0 saturated heterocycles. The molecular weight excluding hydrogens is 424 g/mol. The van der Waals surface area contributed by atoms with Crippen LogP contribution in [0.5, 0.6) is 5.75 Å². The van der Waals surface area contributed by atoms with E-state index in [4.69, 9.17) is 4.74 Å². The molecule has 32 heavy (non-hydrogen) atoms. The van der Waals surface area contributed by atoms with Gasteiger partial charge in [-0.1, -0.05) is 24.3 Å². The highest BCUT2D eigenvalue weighted by Gasteiger charge is 2.45. The Kier molecular flexibility index (Phi) is 5.68. The number of amides is 1. The van der Waals surface area contributed by atoms with Crippen molar-refractivity contribution in [2.75, 3.05) is 6.61 Å². The van der Waals surface area contributed by atoms with Crippen LogP contribution < -0.4 is 10.1 Å². The highest BCUT2D eigenvalue weighted by atomic mass is 19.4. The minimum Gasteiger partial charge on any atom is -0.494 e. The molecule has 0 radical (unpaired) electrons. The fraction of sp³-hybridized carbons (Fsp3) is 0.333. The molecule has 166 valence electrons. The minimum atomic E-state index is -4.21. The number of hydrogen-bond acceptors (Lipinski definition) is 3. The lowest BCUT2D eigenvalue weighted by Crippen LogP contribution is -2.48. The van der Waals surface area contributed by atoms with E-state index in [9.17, 15) is 27.6 Å². The first-order valence-corrected chi connectivity index (χ1v) is 10.3. The second-order valence-corrected chi connectivity index (χ2v) is 8.04. The molecule has 0 aromatic heterocycles. The van der Waals surface area contributed by atoms with Gasteiger partial charge in [-0.2, -0.15) is 18.4 Å². The van der Waals surface area contributed by atoms with Crippen molar-refractivity contribution in [2.45, 2.75) is 43.8 Å². The molecule has 0 fully saturated rings. The quantitative estimate of drug-likeness (QED) is 0.510. The van der Waals surface area contributed by atoms with E-state index in [-0.39, 0.29) is 30.6 Å². The van der Waals surface area contributed by atoms with E-state index in [1.54, 1.807) is 36.4 Å². The number of halogens is 4. The van der Waals surface area contributed by atoms with Crippen LogP contribution in [0.4, 0.5) is 17.6 Å². The van der Waals surface area contributed by atoms with Crippen molar-refractivity contribution in [1.29, 1.82) is 5.26 Å². The number of nitrogens with zero attached hydrogens (tertiary/aromatic N) is 1. The van der Waals surface area contributed by atoms with E-state index >= 15 is 0 Å². The summed E-state index contributed by atoms with van der Waals surface area (Å²) in [4.78, 5) is 12.8. The number of benzene rings is 2. The Morgan fingerprint density at radius 3 is 2.69 bits per heavy atom. The molecule has 2 aromatic rings. The molecule has 8 heteroatoms. The van der Waals surface area contributed by atoms with Crippen LogP contribution in [-0.4, -0.2) is 18.7 Å². The van der Waals surface area contributed by atoms with Crippen LogP contribution in [0.15, 0.2) is 48.0 Å². The molecule has 2 aromatic carbocycles. The Morgan fingerprint density at radius 1 is 1.19 bits per heavy atom. The highest BCUT2D eigenvalue weighted by Crippen LogP contribution is 2.47. The molecule has 2 aliphatic rings. The summed E-state index contributed by atoms with van der Waals surface area (Å²) in [6, 6.07) is 13.2. The van der Waals surface area contributed by atoms with Crippen LogP contribution in [0.2, 0.25) is 0 Å². The van der Waals surface area contributed by atoms with Crippen molar-refractivity contribution in [2.24, 2.45) is 0 Å². The van der Waals surface area contributed by atoms with Gasteiger partial charge in [0.25, 0.3) is 5.91 Å². The molecule has 1 heterocycles. The van der Waals surface area contributed by atoms with Crippen LogP contribution in [0.1, 0.15) is 42.4 Å². The van der Waals surface area contributed by atoms with Crippen LogP contribution in [0, 0.1) is 17.1 Å². The van der Waals surface area contributed by atoms with E-state index in [1.165, 1.54) is 6.07 Å². The SMILES string of the molecule is N#CC1=C(c2ccccc2F)CC2(CCc3cc(OCCCC(F)(F)F)ccc32)NC1=O. The monoisotopic (exact) mass is 444 g/mol. The fourth-order valence-corrected chi connectivity index (χ4v) is 4.50. The molecule has 4 rings (SSSR count). The molecule has 0 bridgehead atoms. The zero-order chi connectivity index (χ0) is 22.9. The summed E-state index contributed by atoms with van der Waals surface area (Å²) in [7, 11) is 0. The first-order valence-electron chi connectivity index (χ1n) is 10.3. The molecule has 1 spiro atoms. The summed E-state index contributed by atoms with van der Waals surface area (Å²) in [5.41, 5.74) is 1.48. The molecular formula is C24H20F4N2O2. The third-order valence-electron chi connectivity index (χ3n) is 5.96. The summed E-state index contributed by atoms with van der Waals surface area (Å²) in [6.45, 7) is -0.0497. The minimum absolute atomic E-state index is 0.0497. The Labute approximate surface area is 182 Å².